The minimum Gasteiger partial charge on any atom is -0.462 e. The van der Waals surface area contributed by atoms with Crippen molar-refractivity contribution in [2.75, 3.05) is 6.61 Å². The third-order valence-electron chi connectivity index (χ3n) is 3.92. The van der Waals surface area contributed by atoms with Gasteiger partial charge in [0.1, 0.15) is 6.10 Å². The molecule has 0 radical (unpaired) electrons. The molecule has 0 aromatic heterocycles. The topological polar surface area (TPSA) is 116 Å². The highest BCUT2D eigenvalue weighted by Gasteiger charge is 2.21. The summed E-state index contributed by atoms with van der Waals surface area (Å²) in [6.45, 7) is 3.83. The van der Waals surface area contributed by atoms with Crippen molar-refractivity contribution in [3.8, 4) is 0 Å². The van der Waals surface area contributed by atoms with Crippen LogP contribution in [0.15, 0.2) is 36.4 Å². The zero-order valence-electron chi connectivity index (χ0n) is 16.6. The number of rotatable bonds is 11. The van der Waals surface area contributed by atoms with Gasteiger partial charge in [0.2, 0.25) is 0 Å². The number of benzene rings is 1. The number of carbonyl (C=O) groups excluding carboxylic acids is 3. The fourth-order valence-corrected chi connectivity index (χ4v) is 2.56. The maximum atomic E-state index is 12.3. The Morgan fingerprint density at radius 2 is 1.66 bits per heavy atom. The van der Waals surface area contributed by atoms with Gasteiger partial charge in [0.05, 0.1) is 17.7 Å². The van der Waals surface area contributed by atoms with Gasteiger partial charge in [0, 0.05) is 6.08 Å². The third-order valence-corrected chi connectivity index (χ3v) is 3.92. The van der Waals surface area contributed by atoms with E-state index in [9.17, 15) is 19.2 Å². The lowest BCUT2D eigenvalue weighted by Crippen LogP contribution is -2.19. The van der Waals surface area contributed by atoms with Crippen molar-refractivity contribution in [2.24, 2.45) is 0 Å². The number of esters is 3. The number of unbranched alkanes of at least 4 members (excludes halogenated alkanes) is 1. The molecule has 0 spiro atoms. The van der Waals surface area contributed by atoms with E-state index in [1.54, 1.807) is 13.0 Å². The van der Waals surface area contributed by atoms with Crippen LogP contribution in [0.3, 0.4) is 0 Å². The Morgan fingerprint density at radius 1 is 1.03 bits per heavy atom. The average Bonchev–Trinajstić information content (AvgIpc) is 2.68. The zero-order chi connectivity index (χ0) is 21.6. The molecule has 0 fully saturated rings. The average molecular weight is 406 g/mol. The van der Waals surface area contributed by atoms with E-state index in [1.165, 1.54) is 30.3 Å². The molecule has 8 heteroatoms. The van der Waals surface area contributed by atoms with Crippen LogP contribution in [0.4, 0.5) is 4.79 Å². The summed E-state index contributed by atoms with van der Waals surface area (Å²) >= 11 is 0. The number of carboxylic acid groups (broad SMARTS) is 1. The Hall–Kier alpha value is -3.16. The molecular formula is C21H26O8. The second kappa shape index (κ2) is 13.1. The zero-order valence-corrected chi connectivity index (χ0v) is 16.6. The second-order valence-electron chi connectivity index (χ2n) is 6.18. The Bertz CT molecular complexity index is 738. The van der Waals surface area contributed by atoms with Gasteiger partial charge in [0.25, 0.3) is 0 Å². The SMILES string of the molecule is CC=CC(=O)OC(CCCC)CCCOC(=O)c1ccccc1C(=O)OC(=O)O. The molecule has 1 atom stereocenters. The Kier molecular flexibility index (Phi) is 10.8. The molecule has 0 saturated heterocycles. The number of ether oxygens (including phenoxy) is 3. The predicted molar refractivity (Wildman–Crippen MR) is 104 cm³/mol. The van der Waals surface area contributed by atoms with Crippen molar-refractivity contribution in [2.45, 2.75) is 52.1 Å². The molecule has 0 amide bonds. The van der Waals surface area contributed by atoms with Gasteiger partial charge in [0.15, 0.2) is 0 Å². The minimum absolute atomic E-state index is 0.0605. The van der Waals surface area contributed by atoms with E-state index < -0.39 is 24.1 Å². The van der Waals surface area contributed by atoms with E-state index in [0.29, 0.717) is 12.8 Å². The Morgan fingerprint density at radius 3 is 2.24 bits per heavy atom. The lowest BCUT2D eigenvalue weighted by atomic mass is 10.1. The standard InChI is InChI=1S/C21H26O8/c1-3-5-10-15(28-18(22)9-4-2)11-8-14-27-19(23)16-12-6-7-13-17(16)20(24)29-21(25)26/h4,6-7,9,12-13,15H,3,5,8,10-11,14H2,1-2H3,(H,25,26). The predicted octanol–water partition coefficient (Wildman–Crippen LogP) is 4.14. The van der Waals surface area contributed by atoms with Crippen molar-refractivity contribution in [3.05, 3.63) is 47.5 Å². The third kappa shape index (κ3) is 9.05. The summed E-state index contributed by atoms with van der Waals surface area (Å²) in [5.74, 6) is -2.32. The summed E-state index contributed by atoms with van der Waals surface area (Å²) in [6.07, 6.45) is 4.52. The molecule has 0 bridgehead atoms. The number of hydrogen-bond donors (Lipinski definition) is 1. The fourth-order valence-electron chi connectivity index (χ4n) is 2.56. The molecule has 0 aliphatic rings. The highest BCUT2D eigenvalue weighted by molar-refractivity contribution is 6.05. The van der Waals surface area contributed by atoms with E-state index in [2.05, 4.69) is 4.74 Å². The van der Waals surface area contributed by atoms with E-state index in [0.717, 1.165) is 19.3 Å². The summed E-state index contributed by atoms with van der Waals surface area (Å²) in [6, 6.07) is 5.63. The summed E-state index contributed by atoms with van der Waals surface area (Å²) in [4.78, 5) is 46.2. The van der Waals surface area contributed by atoms with Gasteiger partial charge < -0.3 is 19.3 Å². The largest absolute Gasteiger partial charge is 0.513 e. The highest BCUT2D eigenvalue weighted by atomic mass is 16.7. The number of allylic oxidation sites excluding steroid dienone is 1. The second-order valence-corrected chi connectivity index (χ2v) is 6.18. The van der Waals surface area contributed by atoms with Crippen molar-refractivity contribution in [1.82, 2.24) is 0 Å². The molecule has 1 unspecified atom stereocenters. The first-order valence-corrected chi connectivity index (χ1v) is 9.43. The summed E-state index contributed by atoms with van der Waals surface area (Å²) in [5, 5.41) is 8.56. The van der Waals surface area contributed by atoms with Crippen LogP contribution in [0.5, 0.6) is 0 Å². The Labute approximate surface area is 169 Å². The molecule has 29 heavy (non-hydrogen) atoms. The van der Waals surface area contributed by atoms with E-state index in [-0.39, 0.29) is 23.8 Å². The highest BCUT2D eigenvalue weighted by Crippen LogP contribution is 2.15. The molecule has 8 nitrogen and oxygen atoms in total. The van der Waals surface area contributed by atoms with Crippen LogP contribution in [0.25, 0.3) is 0 Å². The molecule has 1 N–H and O–H groups in total. The first-order valence-electron chi connectivity index (χ1n) is 9.43. The minimum atomic E-state index is -1.76. The van der Waals surface area contributed by atoms with E-state index in [4.69, 9.17) is 14.6 Å². The van der Waals surface area contributed by atoms with Crippen LogP contribution in [0.2, 0.25) is 0 Å². The van der Waals surface area contributed by atoms with Crippen molar-refractivity contribution < 1.29 is 38.5 Å². The lowest BCUT2D eigenvalue weighted by Gasteiger charge is -2.17. The van der Waals surface area contributed by atoms with Crippen LogP contribution in [0.1, 0.15) is 66.7 Å². The molecule has 0 saturated carbocycles. The van der Waals surface area contributed by atoms with Gasteiger partial charge in [-0.3, -0.25) is 0 Å². The van der Waals surface area contributed by atoms with E-state index in [1.807, 2.05) is 6.92 Å². The van der Waals surface area contributed by atoms with Crippen LogP contribution >= 0.6 is 0 Å². The van der Waals surface area contributed by atoms with Crippen LogP contribution < -0.4 is 0 Å². The first kappa shape index (κ1) is 23.9. The van der Waals surface area contributed by atoms with Gasteiger partial charge in [-0.2, -0.15) is 0 Å². The van der Waals surface area contributed by atoms with Crippen LogP contribution in [0, 0.1) is 0 Å². The fraction of sp³-hybridized carbons (Fsp3) is 0.429. The Balaban J connectivity index is 2.60. The quantitative estimate of drug-likeness (QED) is 0.192. The number of hydrogen-bond acceptors (Lipinski definition) is 7. The van der Waals surface area contributed by atoms with Gasteiger partial charge >= 0.3 is 24.1 Å². The maximum absolute atomic E-state index is 12.3. The molecule has 158 valence electrons. The van der Waals surface area contributed by atoms with Gasteiger partial charge in [-0.1, -0.05) is 38.0 Å². The van der Waals surface area contributed by atoms with Gasteiger partial charge in [-0.05, 0) is 38.3 Å². The summed E-state index contributed by atoms with van der Waals surface area (Å²) in [7, 11) is 0. The summed E-state index contributed by atoms with van der Waals surface area (Å²) in [5.41, 5.74) is -0.276. The van der Waals surface area contributed by atoms with Crippen LogP contribution in [-0.4, -0.2) is 41.9 Å². The van der Waals surface area contributed by atoms with Crippen molar-refractivity contribution in [1.29, 1.82) is 0 Å². The molecular weight excluding hydrogens is 380 g/mol. The normalized spacial score (nSPS) is 11.7. The molecule has 0 heterocycles. The lowest BCUT2D eigenvalue weighted by molar-refractivity contribution is -0.143. The van der Waals surface area contributed by atoms with Crippen molar-refractivity contribution in [3.63, 3.8) is 0 Å². The molecule has 1 aromatic rings. The maximum Gasteiger partial charge on any atom is 0.513 e. The summed E-state index contributed by atoms with van der Waals surface area (Å²) < 4.78 is 14.7. The van der Waals surface area contributed by atoms with Gasteiger partial charge in [-0.15, -0.1) is 0 Å². The molecule has 1 aromatic carbocycles. The first-order chi connectivity index (χ1) is 13.9. The molecule has 0 aliphatic heterocycles. The smallest absolute Gasteiger partial charge is 0.462 e. The molecule has 1 rings (SSSR count). The molecule has 0 aliphatic carbocycles. The van der Waals surface area contributed by atoms with Gasteiger partial charge in [-0.25, -0.2) is 19.2 Å². The number of carbonyl (C=O) groups is 4. The van der Waals surface area contributed by atoms with Crippen LogP contribution in [-0.2, 0) is 19.0 Å². The van der Waals surface area contributed by atoms with E-state index >= 15 is 0 Å². The van der Waals surface area contributed by atoms with Crippen molar-refractivity contribution >= 4 is 24.1 Å². The monoisotopic (exact) mass is 406 g/mol.